The number of benzene rings is 2. The van der Waals surface area contributed by atoms with Crippen LogP contribution in [-0.2, 0) is 13.1 Å². The van der Waals surface area contributed by atoms with E-state index in [1.54, 1.807) is 22.9 Å². The summed E-state index contributed by atoms with van der Waals surface area (Å²) in [4.78, 5) is 16.3. The molecule has 156 valence electrons. The van der Waals surface area contributed by atoms with Gasteiger partial charge in [-0.05, 0) is 23.3 Å². The van der Waals surface area contributed by atoms with E-state index in [4.69, 9.17) is 10.5 Å². The van der Waals surface area contributed by atoms with Crippen LogP contribution < -0.4 is 21.3 Å². The van der Waals surface area contributed by atoms with Crippen molar-refractivity contribution in [3.05, 3.63) is 100.0 Å². The number of nitrogens with two attached hydrogens (primary N) is 1. The predicted octanol–water partition coefficient (Wildman–Crippen LogP) is 3.44. The average molecular weight is 516 g/mol. The molecular weight excluding hydrogens is 491 g/mol. The van der Waals surface area contributed by atoms with Gasteiger partial charge in [-0.1, -0.05) is 48.5 Å². The molecule has 1 atom stereocenters. The molecule has 2 aromatic carbocycles. The molecule has 0 bridgehead atoms. The molecule has 0 radical (unpaired) electrons. The summed E-state index contributed by atoms with van der Waals surface area (Å²) in [5.74, 6) is 1.32. The van der Waals surface area contributed by atoms with Crippen molar-refractivity contribution in [1.29, 1.82) is 0 Å². The van der Waals surface area contributed by atoms with Gasteiger partial charge in [0.2, 0.25) is 0 Å². The predicted molar refractivity (Wildman–Crippen MR) is 129 cm³/mol. The van der Waals surface area contributed by atoms with Crippen molar-refractivity contribution in [2.75, 3.05) is 6.61 Å². The number of aromatic nitrogens is 1. The average Bonchev–Trinajstić information content (AvgIpc) is 2.75. The van der Waals surface area contributed by atoms with E-state index in [0.29, 0.717) is 25.7 Å². The largest absolute Gasteiger partial charge is 0.493 e. The van der Waals surface area contributed by atoms with Crippen molar-refractivity contribution in [3.63, 3.8) is 0 Å². The van der Waals surface area contributed by atoms with Gasteiger partial charge in [0, 0.05) is 24.2 Å². The zero-order valence-electron chi connectivity index (χ0n) is 16.5. The Labute approximate surface area is 192 Å². The standard InChI is InChI=1S/C23H24N4O2.HI/c24-23(26-20-12-14-29-21-6-2-1-5-19(20)21)25-15-17-8-10-18(11-9-17)16-27-13-4-3-7-22(27)28;/h1-11,13,20H,12,14-16H2,(H3,24,25,26);1H. The third-order valence-electron chi connectivity index (χ3n) is 4.99. The minimum absolute atomic E-state index is 0. The van der Waals surface area contributed by atoms with Crippen molar-refractivity contribution < 1.29 is 4.74 Å². The highest BCUT2D eigenvalue weighted by molar-refractivity contribution is 14.0. The van der Waals surface area contributed by atoms with Gasteiger partial charge in [-0.3, -0.25) is 4.79 Å². The topological polar surface area (TPSA) is 81.6 Å². The minimum Gasteiger partial charge on any atom is -0.493 e. The zero-order chi connectivity index (χ0) is 20.1. The van der Waals surface area contributed by atoms with Gasteiger partial charge < -0.3 is 20.4 Å². The molecule has 1 aliphatic heterocycles. The van der Waals surface area contributed by atoms with Crippen LogP contribution in [0, 0.1) is 0 Å². The van der Waals surface area contributed by atoms with Crippen LogP contribution in [0.4, 0.5) is 0 Å². The smallest absolute Gasteiger partial charge is 0.250 e. The molecule has 0 amide bonds. The Balaban J connectivity index is 0.00000256. The van der Waals surface area contributed by atoms with Gasteiger partial charge in [0.25, 0.3) is 5.56 Å². The third kappa shape index (κ3) is 5.41. The number of hydrogen-bond acceptors (Lipinski definition) is 3. The molecule has 30 heavy (non-hydrogen) atoms. The summed E-state index contributed by atoms with van der Waals surface area (Å²) in [5, 5.41) is 3.31. The molecule has 0 saturated heterocycles. The molecule has 1 aromatic heterocycles. The number of nitrogens with one attached hydrogen (secondary N) is 1. The highest BCUT2D eigenvalue weighted by Crippen LogP contribution is 2.31. The monoisotopic (exact) mass is 516 g/mol. The van der Waals surface area contributed by atoms with Crippen molar-refractivity contribution in [3.8, 4) is 5.75 Å². The molecular formula is C23H25IN4O2. The van der Waals surface area contributed by atoms with Gasteiger partial charge >= 0.3 is 0 Å². The fraction of sp³-hybridized carbons (Fsp3) is 0.217. The molecule has 0 saturated carbocycles. The molecule has 0 aliphatic carbocycles. The Morgan fingerprint density at radius 1 is 1.07 bits per heavy atom. The van der Waals surface area contributed by atoms with Crippen LogP contribution in [0.15, 0.2) is 82.7 Å². The molecule has 1 unspecified atom stereocenters. The highest BCUT2D eigenvalue weighted by atomic mass is 127. The number of aliphatic imine (C=N–C) groups is 1. The first-order valence-corrected chi connectivity index (χ1v) is 9.70. The van der Waals surface area contributed by atoms with E-state index < -0.39 is 0 Å². The zero-order valence-corrected chi connectivity index (χ0v) is 18.9. The lowest BCUT2D eigenvalue weighted by molar-refractivity contribution is 0.262. The second kappa shape index (κ2) is 10.3. The van der Waals surface area contributed by atoms with Crippen LogP contribution in [0.3, 0.4) is 0 Å². The van der Waals surface area contributed by atoms with E-state index in [-0.39, 0.29) is 35.6 Å². The molecule has 0 spiro atoms. The minimum atomic E-state index is -0.00490. The number of ether oxygens (including phenoxy) is 1. The van der Waals surface area contributed by atoms with Gasteiger partial charge in [0.15, 0.2) is 5.96 Å². The van der Waals surface area contributed by atoms with E-state index in [1.807, 2.05) is 48.5 Å². The number of hydrogen-bond donors (Lipinski definition) is 2. The highest BCUT2D eigenvalue weighted by Gasteiger charge is 2.21. The normalized spacial score (nSPS) is 15.5. The quantitative estimate of drug-likeness (QED) is 0.309. The van der Waals surface area contributed by atoms with E-state index in [1.165, 1.54) is 0 Å². The molecule has 1 aliphatic rings. The second-order valence-electron chi connectivity index (χ2n) is 7.06. The second-order valence-corrected chi connectivity index (χ2v) is 7.06. The third-order valence-corrected chi connectivity index (χ3v) is 4.99. The van der Waals surface area contributed by atoms with Crippen LogP contribution in [0.1, 0.15) is 29.2 Å². The fourth-order valence-electron chi connectivity index (χ4n) is 3.43. The molecule has 3 aromatic rings. The van der Waals surface area contributed by atoms with Crippen LogP contribution in [0.5, 0.6) is 5.75 Å². The summed E-state index contributed by atoms with van der Waals surface area (Å²) in [7, 11) is 0. The van der Waals surface area contributed by atoms with E-state index in [2.05, 4.69) is 16.4 Å². The first kappa shape index (κ1) is 21.9. The maximum Gasteiger partial charge on any atom is 0.250 e. The van der Waals surface area contributed by atoms with Gasteiger partial charge in [0.05, 0.1) is 25.7 Å². The van der Waals surface area contributed by atoms with Crippen molar-refractivity contribution in [2.45, 2.75) is 25.6 Å². The maximum absolute atomic E-state index is 11.8. The molecule has 6 nitrogen and oxygen atoms in total. The number of nitrogens with zero attached hydrogens (tertiary/aromatic N) is 2. The van der Waals surface area contributed by atoms with Gasteiger partial charge in [-0.2, -0.15) is 0 Å². The molecule has 0 fully saturated rings. The first-order chi connectivity index (χ1) is 14.2. The van der Waals surface area contributed by atoms with Crippen molar-refractivity contribution in [2.24, 2.45) is 10.7 Å². The summed E-state index contributed by atoms with van der Waals surface area (Å²) >= 11 is 0. The van der Waals surface area contributed by atoms with Crippen LogP contribution in [0.2, 0.25) is 0 Å². The summed E-state index contributed by atoms with van der Waals surface area (Å²) in [5.41, 5.74) is 9.35. The number of halogens is 1. The Morgan fingerprint density at radius 2 is 1.80 bits per heavy atom. The Morgan fingerprint density at radius 3 is 2.60 bits per heavy atom. The van der Waals surface area contributed by atoms with E-state index >= 15 is 0 Å². The summed E-state index contributed by atoms with van der Waals surface area (Å²) in [6, 6.07) is 21.3. The Kier molecular flexibility index (Phi) is 7.51. The maximum atomic E-state index is 11.8. The molecule has 4 rings (SSSR count). The summed E-state index contributed by atoms with van der Waals surface area (Å²) in [6.45, 7) is 1.71. The summed E-state index contributed by atoms with van der Waals surface area (Å²) < 4.78 is 7.37. The number of fused-ring (bicyclic) bond motifs is 1. The number of rotatable bonds is 5. The van der Waals surface area contributed by atoms with E-state index in [9.17, 15) is 4.79 Å². The Bertz CT molecular complexity index is 1060. The fourth-order valence-corrected chi connectivity index (χ4v) is 3.43. The lowest BCUT2D eigenvalue weighted by Crippen LogP contribution is -2.37. The first-order valence-electron chi connectivity index (χ1n) is 9.70. The molecule has 3 N–H and O–H groups in total. The van der Waals surface area contributed by atoms with Crippen LogP contribution in [0.25, 0.3) is 0 Å². The molecule has 7 heteroatoms. The Hall–Kier alpha value is -2.81. The van der Waals surface area contributed by atoms with Gasteiger partial charge in [-0.25, -0.2) is 4.99 Å². The van der Waals surface area contributed by atoms with Crippen molar-refractivity contribution in [1.82, 2.24) is 9.88 Å². The lowest BCUT2D eigenvalue weighted by atomic mass is 10.0. The van der Waals surface area contributed by atoms with Gasteiger partial charge in [0.1, 0.15) is 5.75 Å². The summed E-state index contributed by atoms with van der Waals surface area (Å²) in [6.07, 6.45) is 2.64. The SMILES string of the molecule is I.NC(=NCc1ccc(Cn2ccccc2=O)cc1)NC1CCOc2ccccc21. The van der Waals surface area contributed by atoms with Gasteiger partial charge in [-0.15, -0.1) is 24.0 Å². The van der Waals surface area contributed by atoms with Crippen LogP contribution in [-0.4, -0.2) is 17.1 Å². The number of pyridine rings is 1. The van der Waals surface area contributed by atoms with Crippen LogP contribution >= 0.6 is 24.0 Å². The number of guanidine groups is 1. The lowest BCUT2D eigenvalue weighted by Gasteiger charge is -2.26. The van der Waals surface area contributed by atoms with E-state index in [0.717, 1.165) is 28.9 Å². The number of para-hydroxylation sites is 1. The molecule has 2 heterocycles. The van der Waals surface area contributed by atoms with Crippen molar-refractivity contribution >= 4 is 29.9 Å².